The van der Waals surface area contributed by atoms with Crippen molar-refractivity contribution >= 4 is 24.9 Å². The molecule has 0 aliphatic rings. The third kappa shape index (κ3) is 32.6. The largest absolute Gasteiger partial charge is 0.289 e. The van der Waals surface area contributed by atoms with Crippen LogP contribution in [0.5, 0.6) is 0 Å². The number of hydrogen-bond acceptors (Lipinski definition) is 4. The third-order valence-electron chi connectivity index (χ3n) is 1.67. The average Bonchev–Trinajstić information content (AvgIpc) is 2.30. The molecule has 0 amide bonds. The summed E-state index contributed by atoms with van der Waals surface area (Å²) in [6.07, 6.45) is 7.02. The van der Waals surface area contributed by atoms with Gasteiger partial charge in [0.05, 0.1) is 0 Å². The molecular weight excluding hydrogens is 307 g/mol. The third-order valence-corrected chi connectivity index (χ3v) is 1.67. The molecule has 126 valence electrons. The van der Waals surface area contributed by atoms with Crippen molar-refractivity contribution < 1.29 is 16.5 Å². The summed E-state index contributed by atoms with van der Waals surface area (Å²) in [6, 6.07) is 1.49. The standard InChI is InChI=1S/2C8H16N2.Ni/c2*1-7(2)9-5-6-10-8(3)4;/h2*5-8H,1-4H3;. The van der Waals surface area contributed by atoms with Crippen LogP contribution in [-0.4, -0.2) is 49.0 Å². The van der Waals surface area contributed by atoms with Crippen LogP contribution in [0.25, 0.3) is 0 Å². The molecule has 0 rings (SSSR count). The van der Waals surface area contributed by atoms with Crippen molar-refractivity contribution in [1.29, 1.82) is 0 Å². The molecule has 0 unspecified atom stereocenters. The second-order valence-corrected chi connectivity index (χ2v) is 5.57. The Hall–Kier alpha value is -0.826. The molecule has 0 bridgehead atoms. The minimum absolute atomic E-state index is 0. The molecular formula is C16H32N4Ni. The van der Waals surface area contributed by atoms with Gasteiger partial charge in [-0.1, -0.05) is 0 Å². The van der Waals surface area contributed by atoms with E-state index in [1.807, 2.05) is 55.4 Å². The number of hydrogen-bond donors (Lipinski definition) is 0. The first-order valence-electron chi connectivity index (χ1n) is 7.35. The van der Waals surface area contributed by atoms with Crippen LogP contribution in [0, 0.1) is 0 Å². The molecule has 5 heteroatoms. The maximum atomic E-state index is 4.12. The van der Waals surface area contributed by atoms with Crippen molar-refractivity contribution in [2.45, 2.75) is 79.6 Å². The molecule has 0 saturated heterocycles. The van der Waals surface area contributed by atoms with Gasteiger partial charge in [0, 0.05) is 65.5 Å². The molecule has 0 saturated carbocycles. The Balaban J connectivity index is -0.000000295. The fourth-order valence-electron chi connectivity index (χ4n) is 0.842. The monoisotopic (exact) mass is 338 g/mol. The van der Waals surface area contributed by atoms with Crippen LogP contribution in [0.3, 0.4) is 0 Å². The average molecular weight is 339 g/mol. The normalized spacial score (nSPS) is 12.4. The Bertz CT molecular complexity index is 252. The summed E-state index contributed by atoms with van der Waals surface area (Å²) in [5.74, 6) is 0. The van der Waals surface area contributed by atoms with E-state index in [1.165, 1.54) is 0 Å². The molecule has 0 fully saturated rings. The van der Waals surface area contributed by atoms with Gasteiger partial charge in [-0.05, 0) is 55.4 Å². The van der Waals surface area contributed by atoms with Crippen LogP contribution in [0.2, 0.25) is 0 Å². The van der Waals surface area contributed by atoms with Crippen molar-refractivity contribution in [3.63, 3.8) is 0 Å². The number of aliphatic imine (C=N–C) groups is 4. The van der Waals surface area contributed by atoms with E-state index in [9.17, 15) is 0 Å². The molecule has 0 spiro atoms. The van der Waals surface area contributed by atoms with E-state index in [0.717, 1.165) is 0 Å². The predicted octanol–water partition coefficient (Wildman–Crippen LogP) is 3.89. The molecule has 0 atom stereocenters. The first-order valence-corrected chi connectivity index (χ1v) is 7.35. The summed E-state index contributed by atoms with van der Waals surface area (Å²) in [7, 11) is 0. The zero-order chi connectivity index (χ0) is 16.0. The smallest absolute Gasteiger partial charge is 0.0443 e. The summed E-state index contributed by atoms with van der Waals surface area (Å²) in [5, 5.41) is 0. The van der Waals surface area contributed by atoms with Crippen molar-refractivity contribution in [1.82, 2.24) is 0 Å². The summed E-state index contributed by atoms with van der Waals surface area (Å²) < 4.78 is 0. The van der Waals surface area contributed by atoms with Crippen molar-refractivity contribution in [2.75, 3.05) is 0 Å². The van der Waals surface area contributed by atoms with Gasteiger partial charge in [-0.15, -0.1) is 0 Å². The Kier molecular flexibility index (Phi) is 20.6. The van der Waals surface area contributed by atoms with Gasteiger partial charge in [0.2, 0.25) is 0 Å². The molecule has 21 heavy (non-hydrogen) atoms. The van der Waals surface area contributed by atoms with Crippen LogP contribution in [0.1, 0.15) is 55.4 Å². The first-order chi connectivity index (χ1) is 9.25. The molecule has 0 aromatic heterocycles. The topological polar surface area (TPSA) is 49.4 Å². The van der Waals surface area contributed by atoms with Crippen LogP contribution in [-0.2, 0) is 16.5 Å². The quantitative estimate of drug-likeness (QED) is 0.521. The molecule has 0 aliphatic heterocycles. The van der Waals surface area contributed by atoms with E-state index in [1.54, 1.807) is 24.9 Å². The Labute approximate surface area is 141 Å². The van der Waals surface area contributed by atoms with Crippen LogP contribution >= 0.6 is 0 Å². The predicted molar refractivity (Wildman–Crippen MR) is 94.5 cm³/mol. The summed E-state index contributed by atoms with van der Waals surface area (Å²) >= 11 is 0. The minimum Gasteiger partial charge on any atom is -0.289 e. The fourth-order valence-corrected chi connectivity index (χ4v) is 0.842. The van der Waals surface area contributed by atoms with Crippen LogP contribution < -0.4 is 0 Å². The summed E-state index contributed by atoms with van der Waals surface area (Å²) in [6.45, 7) is 16.3. The number of nitrogens with zero attached hydrogens (tertiary/aromatic N) is 4. The van der Waals surface area contributed by atoms with Gasteiger partial charge < -0.3 is 0 Å². The second-order valence-electron chi connectivity index (χ2n) is 5.57. The number of rotatable bonds is 6. The zero-order valence-electron chi connectivity index (χ0n) is 14.7. The Morgan fingerprint density at radius 1 is 0.429 bits per heavy atom. The molecule has 0 radical (unpaired) electrons. The van der Waals surface area contributed by atoms with Gasteiger partial charge in [-0.2, -0.15) is 0 Å². The summed E-state index contributed by atoms with van der Waals surface area (Å²) in [5.41, 5.74) is 0. The van der Waals surface area contributed by atoms with Crippen molar-refractivity contribution in [2.24, 2.45) is 20.0 Å². The first kappa shape index (κ1) is 25.1. The molecule has 0 N–H and O–H groups in total. The van der Waals surface area contributed by atoms with E-state index in [-0.39, 0.29) is 16.5 Å². The molecule has 0 aromatic rings. The fraction of sp³-hybridized carbons (Fsp3) is 0.750. The van der Waals surface area contributed by atoms with E-state index in [0.29, 0.717) is 24.2 Å². The Morgan fingerprint density at radius 2 is 0.571 bits per heavy atom. The minimum atomic E-state index is 0. The van der Waals surface area contributed by atoms with E-state index < -0.39 is 0 Å². The summed E-state index contributed by atoms with van der Waals surface area (Å²) in [4.78, 5) is 16.5. The van der Waals surface area contributed by atoms with Crippen LogP contribution in [0.15, 0.2) is 20.0 Å². The maximum absolute atomic E-state index is 4.12. The van der Waals surface area contributed by atoms with Gasteiger partial charge in [0.1, 0.15) is 0 Å². The zero-order valence-corrected chi connectivity index (χ0v) is 15.7. The molecule has 0 aromatic carbocycles. The van der Waals surface area contributed by atoms with Crippen molar-refractivity contribution in [3.8, 4) is 0 Å². The van der Waals surface area contributed by atoms with Gasteiger partial charge in [-0.25, -0.2) is 0 Å². The molecule has 0 aliphatic carbocycles. The maximum Gasteiger partial charge on any atom is 0.0443 e. The molecule has 0 heterocycles. The van der Waals surface area contributed by atoms with E-state index in [4.69, 9.17) is 0 Å². The van der Waals surface area contributed by atoms with Gasteiger partial charge in [-0.3, -0.25) is 20.0 Å². The van der Waals surface area contributed by atoms with Gasteiger partial charge in [0.15, 0.2) is 0 Å². The second kappa shape index (κ2) is 17.2. The van der Waals surface area contributed by atoms with E-state index >= 15 is 0 Å². The van der Waals surface area contributed by atoms with Crippen LogP contribution in [0.4, 0.5) is 0 Å². The van der Waals surface area contributed by atoms with Gasteiger partial charge in [0.25, 0.3) is 0 Å². The SMILES string of the molecule is CC(C)N=CC=NC(C)C.CC(C)N=CC=NC(C)C.[Ni]. The van der Waals surface area contributed by atoms with Gasteiger partial charge >= 0.3 is 0 Å². The van der Waals surface area contributed by atoms with Crippen molar-refractivity contribution in [3.05, 3.63) is 0 Å². The Morgan fingerprint density at radius 3 is 0.667 bits per heavy atom. The molecule has 4 nitrogen and oxygen atoms in total. The van der Waals surface area contributed by atoms with E-state index in [2.05, 4.69) is 20.0 Å².